The van der Waals surface area contributed by atoms with Gasteiger partial charge in [-0.3, -0.25) is 0 Å². The zero-order chi connectivity index (χ0) is 35.1. The first kappa shape index (κ1) is 38.1. The zero-order valence-corrected chi connectivity index (χ0v) is 28.0. The van der Waals surface area contributed by atoms with Crippen LogP contribution in [0.5, 0.6) is 11.5 Å². The molecule has 0 aliphatic carbocycles. The number of aromatic carboxylic acids is 1. The summed E-state index contributed by atoms with van der Waals surface area (Å²) in [6.45, 7) is 7.53. The van der Waals surface area contributed by atoms with Crippen LogP contribution in [0.3, 0.4) is 0 Å². The quantitative estimate of drug-likeness (QED) is 0.0317. The van der Waals surface area contributed by atoms with Crippen molar-refractivity contribution in [2.24, 2.45) is 11.0 Å². The molecule has 2 aromatic rings. The van der Waals surface area contributed by atoms with E-state index in [2.05, 4.69) is 10.0 Å². The van der Waals surface area contributed by atoms with E-state index < -0.39 is 42.1 Å². The Bertz CT molecular complexity index is 1450. The summed E-state index contributed by atoms with van der Waals surface area (Å²) < 4.78 is 34.9. The normalized spacial score (nSPS) is 19.0. The second kappa shape index (κ2) is 18.8. The molecule has 0 spiro atoms. The predicted octanol–water partition coefficient (Wildman–Crippen LogP) is 6.56. The predicted molar refractivity (Wildman–Crippen MR) is 178 cm³/mol. The molecule has 1 saturated heterocycles. The van der Waals surface area contributed by atoms with Gasteiger partial charge in [-0.1, -0.05) is 48.5 Å². The highest BCUT2D eigenvalue weighted by atomic mass is 16.8. The summed E-state index contributed by atoms with van der Waals surface area (Å²) in [4.78, 5) is 28.2. The Labute approximate surface area is 280 Å². The number of esters is 1. The summed E-state index contributed by atoms with van der Waals surface area (Å²) in [5.41, 5.74) is 9.07. The Hall–Kier alpha value is -4.39. The van der Waals surface area contributed by atoms with E-state index in [9.17, 15) is 19.8 Å². The summed E-state index contributed by atoms with van der Waals surface area (Å²) in [5, 5.41) is 23.7. The number of carboxylic acid groups (broad SMARTS) is 1. The van der Waals surface area contributed by atoms with E-state index >= 15 is 0 Å². The molecule has 1 heterocycles. The molecule has 0 radical (unpaired) electrons. The maximum atomic E-state index is 13.1. The lowest BCUT2D eigenvalue weighted by atomic mass is 9.99. The molecule has 13 nitrogen and oxygen atoms in total. The number of carbonyl (C=O) groups is 2. The van der Waals surface area contributed by atoms with Gasteiger partial charge in [0, 0.05) is 24.6 Å². The van der Waals surface area contributed by atoms with Crippen LogP contribution in [0.1, 0.15) is 73.2 Å². The Morgan fingerprint density at radius 3 is 2.52 bits per heavy atom. The van der Waals surface area contributed by atoms with Crippen molar-refractivity contribution in [3.63, 3.8) is 0 Å². The van der Waals surface area contributed by atoms with E-state index in [-0.39, 0.29) is 30.4 Å². The third-order valence-corrected chi connectivity index (χ3v) is 7.47. The number of nitrogens with zero attached hydrogens (tertiary/aromatic N) is 3. The van der Waals surface area contributed by atoms with E-state index in [1.807, 2.05) is 6.92 Å². The Morgan fingerprint density at radius 1 is 1.10 bits per heavy atom. The van der Waals surface area contributed by atoms with Crippen LogP contribution in [0.2, 0.25) is 0 Å². The van der Waals surface area contributed by atoms with Crippen LogP contribution in [-0.2, 0) is 18.9 Å². The average molecular weight is 668 g/mol. The molecule has 0 aromatic heterocycles. The fraction of sp³-hybridized carbons (Fsp3) is 0.486. The minimum Gasteiger partial charge on any atom is -0.493 e. The standard InChI is InChI=1S/C35H45N3O10/c1-23(24(2)39)16-17-28(46-34(42)25-12-7-6-8-13-25)32-29(47-35(3,4)48-32)15-11-14-26-20-27(44-19-10-9-18-37-38-36)21-30(45-22-43-5)31(26)33(40)41/h6-8,11-14,16-17,20-21,23-24,28-29,32,39H,9-10,15,18-19,22H2,1-5H3,(H,40,41)/b14-11+,17-16-/t23-,24+,28?,29+,32-/m1/s1. The number of carboxylic acids is 1. The zero-order valence-electron chi connectivity index (χ0n) is 28.0. The summed E-state index contributed by atoms with van der Waals surface area (Å²) in [6.07, 6.45) is 5.59. The first-order chi connectivity index (χ1) is 23.0. The van der Waals surface area contributed by atoms with Crippen molar-refractivity contribution in [3.8, 4) is 11.5 Å². The molecule has 1 unspecified atom stereocenters. The van der Waals surface area contributed by atoms with Crippen molar-refractivity contribution in [1.82, 2.24) is 0 Å². The highest BCUT2D eigenvalue weighted by Crippen LogP contribution is 2.35. The highest BCUT2D eigenvalue weighted by molar-refractivity contribution is 5.95. The number of rotatable bonds is 19. The number of aliphatic hydroxyl groups excluding tert-OH is 1. The van der Waals surface area contributed by atoms with E-state index in [0.717, 1.165) is 0 Å². The molecular formula is C35H45N3O10. The van der Waals surface area contributed by atoms with Crippen molar-refractivity contribution in [2.45, 2.75) is 77.2 Å². The van der Waals surface area contributed by atoms with Gasteiger partial charge in [-0.15, -0.1) is 0 Å². The molecule has 3 rings (SSSR count). The molecule has 2 aromatic carbocycles. The van der Waals surface area contributed by atoms with Crippen molar-refractivity contribution >= 4 is 18.0 Å². The minimum absolute atomic E-state index is 0.0697. The van der Waals surface area contributed by atoms with Crippen LogP contribution < -0.4 is 9.47 Å². The van der Waals surface area contributed by atoms with E-state index in [4.69, 9.17) is 34.0 Å². The van der Waals surface area contributed by atoms with Gasteiger partial charge in [0.15, 0.2) is 12.6 Å². The largest absolute Gasteiger partial charge is 0.493 e. The first-order valence-electron chi connectivity index (χ1n) is 15.8. The van der Waals surface area contributed by atoms with Gasteiger partial charge >= 0.3 is 11.9 Å². The molecule has 260 valence electrons. The second-order valence-corrected chi connectivity index (χ2v) is 11.7. The van der Waals surface area contributed by atoms with Gasteiger partial charge in [0.2, 0.25) is 0 Å². The smallest absolute Gasteiger partial charge is 0.340 e. The number of hydrogen-bond acceptors (Lipinski definition) is 10. The molecule has 0 saturated carbocycles. The molecule has 5 atom stereocenters. The van der Waals surface area contributed by atoms with Crippen molar-refractivity contribution in [3.05, 3.63) is 87.8 Å². The SMILES string of the molecule is COCOc1cc(OCCCCN=[N+]=[N-])cc(/C=C/C[C@@H]2OC(C)(C)O[C@@H]2C(/C=C\[C@@H](C)[C@H](C)O)OC(=O)c2ccccc2)c1C(=O)O. The van der Waals surface area contributed by atoms with Gasteiger partial charge < -0.3 is 38.6 Å². The summed E-state index contributed by atoms with van der Waals surface area (Å²) in [5.74, 6) is -2.52. The number of aliphatic hydroxyl groups is 1. The first-order valence-corrected chi connectivity index (χ1v) is 15.8. The van der Waals surface area contributed by atoms with E-state index in [1.54, 1.807) is 81.5 Å². The lowest BCUT2D eigenvalue weighted by Gasteiger charge is -2.25. The number of carbonyl (C=O) groups excluding carboxylic acids is 1. The fourth-order valence-corrected chi connectivity index (χ4v) is 4.89. The number of benzene rings is 2. The number of methoxy groups -OCH3 is 1. The minimum atomic E-state index is -1.20. The van der Waals surface area contributed by atoms with Crippen molar-refractivity contribution in [1.29, 1.82) is 0 Å². The monoisotopic (exact) mass is 667 g/mol. The maximum absolute atomic E-state index is 13.1. The Kier molecular flexibility index (Phi) is 14.9. The summed E-state index contributed by atoms with van der Waals surface area (Å²) >= 11 is 0. The van der Waals surface area contributed by atoms with Crippen molar-refractivity contribution < 1.29 is 48.2 Å². The van der Waals surface area contributed by atoms with Crippen LogP contribution in [-0.4, -0.2) is 79.4 Å². The third-order valence-electron chi connectivity index (χ3n) is 7.47. The van der Waals surface area contributed by atoms with Gasteiger partial charge in [0.1, 0.15) is 29.3 Å². The fourth-order valence-electron chi connectivity index (χ4n) is 4.89. The highest BCUT2D eigenvalue weighted by Gasteiger charge is 2.45. The lowest BCUT2D eigenvalue weighted by Crippen LogP contribution is -2.37. The summed E-state index contributed by atoms with van der Waals surface area (Å²) in [7, 11) is 1.43. The van der Waals surface area contributed by atoms with Gasteiger partial charge in [0.25, 0.3) is 0 Å². The van der Waals surface area contributed by atoms with Gasteiger partial charge in [0.05, 0.1) is 24.4 Å². The third kappa shape index (κ3) is 11.7. The van der Waals surface area contributed by atoms with Crippen molar-refractivity contribution in [2.75, 3.05) is 27.1 Å². The van der Waals surface area contributed by atoms with E-state index in [0.29, 0.717) is 42.9 Å². The van der Waals surface area contributed by atoms with Crippen LogP contribution in [0, 0.1) is 5.92 Å². The molecule has 1 fully saturated rings. The Balaban J connectivity index is 1.89. The number of azide groups is 1. The second-order valence-electron chi connectivity index (χ2n) is 11.7. The van der Waals surface area contributed by atoms with Crippen LogP contribution >= 0.6 is 0 Å². The topological polar surface area (TPSA) is 179 Å². The molecule has 2 N–H and O–H groups in total. The molecular weight excluding hydrogens is 622 g/mol. The van der Waals surface area contributed by atoms with Crippen LogP contribution in [0.15, 0.2) is 65.8 Å². The molecule has 1 aliphatic rings. The molecule has 0 bridgehead atoms. The van der Waals surface area contributed by atoms with Crippen LogP contribution in [0.25, 0.3) is 16.5 Å². The van der Waals surface area contributed by atoms with Gasteiger partial charge in [-0.05, 0) is 81.3 Å². The number of unbranched alkanes of at least 4 members (excludes halogenated alkanes) is 1. The average Bonchev–Trinajstić information content (AvgIpc) is 3.36. The number of ether oxygens (including phenoxy) is 6. The van der Waals surface area contributed by atoms with Crippen LogP contribution in [0.4, 0.5) is 0 Å². The molecule has 1 aliphatic heterocycles. The molecule has 0 amide bonds. The lowest BCUT2D eigenvalue weighted by molar-refractivity contribution is -0.152. The van der Waals surface area contributed by atoms with Gasteiger partial charge in [-0.2, -0.15) is 0 Å². The Morgan fingerprint density at radius 2 is 1.85 bits per heavy atom. The van der Waals surface area contributed by atoms with Gasteiger partial charge in [-0.25, -0.2) is 9.59 Å². The molecule has 13 heteroatoms. The van der Waals surface area contributed by atoms with E-state index in [1.165, 1.54) is 13.2 Å². The summed E-state index contributed by atoms with van der Waals surface area (Å²) in [6, 6.07) is 11.7. The molecule has 48 heavy (non-hydrogen) atoms. The maximum Gasteiger partial charge on any atom is 0.340 e. The number of hydrogen-bond donors (Lipinski definition) is 2.